The maximum absolute atomic E-state index is 10.9. The van der Waals surface area contributed by atoms with Gasteiger partial charge < -0.3 is 4.84 Å². The number of carbonyl (C=O) groups excluding carboxylic acids is 1. The van der Waals surface area contributed by atoms with Gasteiger partial charge in [-0.05, 0) is 13.3 Å². The number of hydroxylamine groups is 1. The largest absolute Gasteiger partial charge is 0.367 e. The summed E-state index contributed by atoms with van der Waals surface area (Å²) in [6.07, 6.45) is 6.02. The van der Waals surface area contributed by atoms with Crippen LogP contribution >= 0.6 is 0 Å². The molecule has 0 heterocycles. The van der Waals surface area contributed by atoms with Gasteiger partial charge in [0.2, 0.25) is 0 Å². The third kappa shape index (κ3) is 7.80. The first kappa shape index (κ1) is 13.2. The number of carbonyl (C=O) groups is 1. The van der Waals surface area contributed by atoms with E-state index in [-0.39, 0.29) is 5.97 Å². The van der Waals surface area contributed by atoms with Crippen LogP contribution in [0.3, 0.4) is 0 Å². The highest BCUT2D eigenvalue weighted by molar-refractivity contribution is 5.86. The van der Waals surface area contributed by atoms with Gasteiger partial charge in [-0.3, -0.25) is 0 Å². The molecule has 0 unspecified atom stereocenters. The van der Waals surface area contributed by atoms with E-state index >= 15 is 0 Å². The third-order valence-electron chi connectivity index (χ3n) is 1.90. The van der Waals surface area contributed by atoms with Crippen molar-refractivity contribution in [3.05, 3.63) is 12.2 Å². The van der Waals surface area contributed by atoms with Gasteiger partial charge in [-0.1, -0.05) is 39.2 Å². The fourth-order valence-electron chi connectivity index (χ4n) is 1.00. The van der Waals surface area contributed by atoms with E-state index in [1.54, 1.807) is 6.92 Å². The fraction of sp³-hybridized carbons (Fsp3) is 0.727. The number of nitrogens with one attached hydrogen (secondary N) is 1. The summed E-state index contributed by atoms with van der Waals surface area (Å²) in [7, 11) is 0. The molecule has 1 N–H and O–H groups in total. The minimum atomic E-state index is -0.376. The van der Waals surface area contributed by atoms with Gasteiger partial charge in [0.25, 0.3) is 0 Å². The van der Waals surface area contributed by atoms with E-state index in [1.165, 1.54) is 25.7 Å². The lowest BCUT2D eigenvalue weighted by atomic mass is 10.2. The number of rotatable bonds is 8. The van der Waals surface area contributed by atoms with Crippen LogP contribution in [0.2, 0.25) is 0 Å². The topological polar surface area (TPSA) is 38.3 Å². The average molecular weight is 199 g/mol. The van der Waals surface area contributed by atoms with Crippen molar-refractivity contribution in [2.75, 3.05) is 6.54 Å². The molecule has 0 spiro atoms. The Morgan fingerprint density at radius 3 is 2.50 bits per heavy atom. The van der Waals surface area contributed by atoms with Crippen molar-refractivity contribution in [3.8, 4) is 0 Å². The summed E-state index contributed by atoms with van der Waals surface area (Å²) < 4.78 is 0. The average Bonchev–Trinajstić information content (AvgIpc) is 2.16. The maximum atomic E-state index is 10.9. The van der Waals surface area contributed by atoms with E-state index in [9.17, 15) is 4.79 Å². The predicted molar refractivity (Wildman–Crippen MR) is 57.7 cm³/mol. The Morgan fingerprint density at radius 2 is 1.93 bits per heavy atom. The monoisotopic (exact) mass is 199 g/mol. The molecule has 0 saturated carbocycles. The molecule has 0 aromatic carbocycles. The normalized spacial score (nSPS) is 9.86. The van der Waals surface area contributed by atoms with Crippen LogP contribution in [0.1, 0.15) is 46.0 Å². The first-order valence-corrected chi connectivity index (χ1v) is 5.28. The Labute approximate surface area is 86.5 Å². The molecule has 0 aliphatic heterocycles. The van der Waals surface area contributed by atoms with Crippen molar-refractivity contribution in [2.24, 2.45) is 0 Å². The number of unbranched alkanes of at least 4 members (excludes halogenated alkanes) is 4. The summed E-state index contributed by atoms with van der Waals surface area (Å²) in [5.74, 6) is -0.376. The molecule has 0 saturated heterocycles. The van der Waals surface area contributed by atoms with Gasteiger partial charge in [-0.25, -0.2) is 4.79 Å². The lowest BCUT2D eigenvalue weighted by Gasteiger charge is -2.04. The summed E-state index contributed by atoms with van der Waals surface area (Å²) in [5.41, 5.74) is 3.05. The van der Waals surface area contributed by atoms with Gasteiger partial charge in [0.1, 0.15) is 0 Å². The van der Waals surface area contributed by atoms with E-state index in [4.69, 9.17) is 4.84 Å². The molecule has 0 aromatic heterocycles. The van der Waals surface area contributed by atoms with Gasteiger partial charge in [0.15, 0.2) is 0 Å². The Bertz CT molecular complexity index is 178. The summed E-state index contributed by atoms with van der Waals surface area (Å²) in [6.45, 7) is 8.02. The first-order valence-electron chi connectivity index (χ1n) is 5.28. The molecule has 14 heavy (non-hydrogen) atoms. The standard InChI is InChI=1S/C11H21NO2/c1-4-5-6-7-8-9-12-14-11(13)10(2)3/h12H,2,4-9H2,1,3H3. The van der Waals surface area contributed by atoms with Crippen molar-refractivity contribution in [1.29, 1.82) is 0 Å². The molecule has 0 atom stereocenters. The molecule has 0 bridgehead atoms. The highest BCUT2D eigenvalue weighted by Gasteiger charge is 2.01. The van der Waals surface area contributed by atoms with Gasteiger partial charge >= 0.3 is 5.97 Å². The second-order valence-corrected chi connectivity index (χ2v) is 3.48. The van der Waals surface area contributed by atoms with Gasteiger partial charge in [-0.2, -0.15) is 5.48 Å². The summed E-state index contributed by atoms with van der Waals surface area (Å²) in [6, 6.07) is 0. The highest BCUT2D eigenvalue weighted by atomic mass is 16.7. The Balaban J connectivity index is 3.13. The third-order valence-corrected chi connectivity index (χ3v) is 1.90. The molecule has 0 aliphatic carbocycles. The zero-order chi connectivity index (χ0) is 10.8. The van der Waals surface area contributed by atoms with E-state index < -0.39 is 0 Å². The van der Waals surface area contributed by atoms with Crippen LogP contribution in [0.15, 0.2) is 12.2 Å². The molecule has 0 amide bonds. The van der Waals surface area contributed by atoms with Crippen LogP contribution < -0.4 is 5.48 Å². The van der Waals surface area contributed by atoms with E-state index in [0.29, 0.717) is 5.57 Å². The molecule has 0 aromatic rings. The first-order chi connectivity index (χ1) is 6.68. The molecule has 0 aliphatic rings. The molecule has 0 fully saturated rings. The fourth-order valence-corrected chi connectivity index (χ4v) is 1.00. The molecule has 82 valence electrons. The van der Waals surface area contributed by atoms with Crippen LogP contribution in [0.25, 0.3) is 0 Å². The minimum absolute atomic E-state index is 0.376. The smallest absolute Gasteiger partial charge is 0.351 e. The van der Waals surface area contributed by atoms with Crippen molar-refractivity contribution >= 4 is 5.97 Å². The van der Waals surface area contributed by atoms with Gasteiger partial charge in [-0.15, -0.1) is 0 Å². The molecule has 3 heteroatoms. The van der Waals surface area contributed by atoms with Crippen LogP contribution in [-0.4, -0.2) is 12.5 Å². The van der Waals surface area contributed by atoms with Crippen LogP contribution in [0.5, 0.6) is 0 Å². The lowest BCUT2D eigenvalue weighted by molar-refractivity contribution is -0.146. The molecular formula is C11H21NO2. The van der Waals surface area contributed by atoms with Crippen LogP contribution in [0.4, 0.5) is 0 Å². The summed E-state index contributed by atoms with van der Waals surface area (Å²) in [5, 5.41) is 0. The second kappa shape index (κ2) is 8.75. The second-order valence-electron chi connectivity index (χ2n) is 3.48. The van der Waals surface area contributed by atoms with Gasteiger partial charge in [0.05, 0.1) is 0 Å². The summed E-state index contributed by atoms with van der Waals surface area (Å²) in [4.78, 5) is 15.6. The van der Waals surface area contributed by atoms with E-state index in [1.807, 2.05) is 0 Å². The Morgan fingerprint density at radius 1 is 1.29 bits per heavy atom. The molecule has 0 rings (SSSR count). The van der Waals surface area contributed by atoms with Crippen molar-refractivity contribution in [1.82, 2.24) is 5.48 Å². The minimum Gasteiger partial charge on any atom is -0.367 e. The molecular weight excluding hydrogens is 178 g/mol. The maximum Gasteiger partial charge on any atom is 0.351 e. The van der Waals surface area contributed by atoms with Crippen molar-refractivity contribution < 1.29 is 9.63 Å². The summed E-state index contributed by atoms with van der Waals surface area (Å²) >= 11 is 0. The van der Waals surface area contributed by atoms with E-state index in [0.717, 1.165) is 13.0 Å². The van der Waals surface area contributed by atoms with Crippen molar-refractivity contribution in [3.63, 3.8) is 0 Å². The molecule has 3 nitrogen and oxygen atoms in total. The van der Waals surface area contributed by atoms with Crippen molar-refractivity contribution in [2.45, 2.75) is 46.0 Å². The SMILES string of the molecule is C=C(C)C(=O)ONCCCCCCC. The Kier molecular flexibility index (Phi) is 8.24. The van der Waals surface area contributed by atoms with Crippen LogP contribution in [0, 0.1) is 0 Å². The zero-order valence-electron chi connectivity index (χ0n) is 9.27. The van der Waals surface area contributed by atoms with Crippen LogP contribution in [-0.2, 0) is 9.63 Å². The quantitative estimate of drug-likeness (QED) is 0.371. The molecule has 0 radical (unpaired) electrons. The van der Waals surface area contributed by atoms with Gasteiger partial charge in [0, 0.05) is 12.1 Å². The predicted octanol–water partition coefficient (Wildman–Crippen LogP) is 2.58. The zero-order valence-corrected chi connectivity index (χ0v) is 9.27. The number of hydrogen-bond acceptors (Lipinski definition) is 3. The Hall–Kier alpha value is -0.830. The lowest BCUT2D eigenvalue weighted by Crippen LogP contribution is -2.21. The van der Waals surface area contributed by atoms with E-state index in [2.05, 4.69) is 19.0 Å². The highest BCUT2D eigenvalue weighted by Crippen LogP contribution is 2.01. The number of hydrogen-bond donors (Lipinski definition) is 1.